The molecule has 1 heterocycles. The van der Waals surface area contributed by atoms with Gasteiger partial charge in [0.2, 0.25) is 0 Å². The number of rotatable bonds is 2. The van der Waals surface area contributed by atoms with Gasteiger partial charge < -0.3 is 15.4 Å². The highest BCUT2D eigenvalue weighted by molar-refractivity contribution is 6.09. The summed E-state index contributed by atoms with van der Waals surface area (Å²) >= 11 is 0. The number of benzene rings is 2. The zero-order chi connectivity index (χ0) is 16.6. The fourth-order valence-electron chi connectivity index (χ4n) is 2.22. The van der Waals surface area contributed by atoms with Gasteiger partial charge in [-0.1, -0.05) is 18.2 Å². The maximum atomic E-state index is 13.6. The highest BCUT2D eigenvalue weighted by atomic mass is 19.1. The molecule has 0 radical (unpaired) electrons. The molecule has 0 atom stereocenters. The molecule has 0 spiro atoms. The minimum Gasteiger partial charge on any atom is -0.506 e. The van der Waals surface area contributed by atoms with E-state index >= 15 is 0 Å². The van der Waals surface area contributed by atoms with Crippen molar-refractivity contribution >= 4 is 22.5 Å². The Morgan fingerprint density at radius 1 is 1.04 bits per heavy atom. The number of fused-ring (bicyclic) bond motifs is 1. The van der Waals surface area contributed by atoms with E-state index in [2.05, 4.69) is 10.3 Å². The number of carbonyl (C=O) groups excluding carboxylic acids is 1. The molecule has 0 unspecified atom stereocenters. The lowest BCUT2D eigenvalue weighted by Crippen LogP contribution is -2.24. The Hall–Kier alpha value is -3.22. The van der Waals surface area contributed by atoms with Crippen LogP contribution in [0.15, 0.2) is 47.3 Å². The third-order valence-corrected chi connectivity index (χ3v) is 3.32. The van der Waals surface area contributed by atoms with Crippen LogP contribution in [-0.4, -0.2) is 16.0 Å². The highest BCUT2D eigenvalue weighted by Crippen LogP contribution is 2.27. The molecule has 0 saturated carbocycles. The van der Waals surface area contributed by atoms with Gasteiger partial charge in [0.15, 0.2) is 0 Å². The number of aromatic nitrogens is 1. The van der Waals surface area contributed by atoms with Crippen molar-refractivity contribution in [1.29, 1.82) is 0 Å². The van der Waals surface area contributed by atoms with Crippen molar-refractivity contribution in [3.05, 3.63) is 70.0 Å². The Morgan fingerprint density at radius 3 is 2.48 bits per heavy atom. The predicted molar refractivity (Wildman–Crippen MR) is 80.5 cm³/mol. The molecule has 3 N–H and O–H groups in total. The molecule has 2 aromatic carbocycles. The summed E-state index contributed by atoms with van der Waals surface area (Å²) in [6.45, 7) is 0. The summed E-state index contributed by atoms with van der Waals surface area (Å²) in [4.78, 5) is 26.4. The van der Waals surface area contributed by atoms with E-state index in [4.69, 9.17) is 0 Å². The molecular formula is C16H10F2N2O3. The Labute approximate surface area is 128 Å². The molecule has 0 aliphatic carbocycles. The molecular weight excluding hydrogens is 306 g/mol. The monoisotopic (exact) mass is 316 g/mol. The first-order chi connectivity index (χ1) is 11.0. The van der Waals surface area contributed by atoms with Crippen molar-refractivity contribution in [2.45, 2.75) is 0 Å². The molecule has 1 aromatic heterocycles. The summed E-state index contributed by atoms with van der Waals surface area (Å²) in [6, 6.07) is 9.16. The maximum absolute atomic E-state index is 13.6. The zero-order valence-electron chi connectivity index (χ0n) is 11.6. The summed E-state index contributed by atoms with van der Waals surface area (Å²) < 4.78 is 27.2. The van der Waals surface area contributed by atoms with E-state index in [1.807, 2.05) is 0 Å². The van der Waals surface area contributed by atoms with Gasteiger partial charge in [0.25, 0.3) is 11.5 Å². The number of aromatic amines is 1. The normalized spacial score (nSPS) is 10.7. The molecule has 3 rings (SSSR count). The number of hydrogen-bond donors (Lipinski definition) is 3. The van der Waals surface area contributed by atoms with Crippen molar-refractivity contribution < 1.29 is 18.7 Å². The zero-order valence-corrected chi connectivity index (χ0v) is 11.6. The number of halogens is 2. The minimum atomic E-state index is -1.000. The number of nitrogens with one attached hydrogen (secondary N) is 2. The number of pyridine rings is 1. The first-order valence-corrected chi connectivity index (χ1v) is 6.58. The number of carbonyl (C=O) groups is 1. The summed E-state index contributed by atoms with van der Waals surface area (Å²) in [7, 11) is 0. The molecule has 0 saturated heterocycles. The van der Waals surface area contributed by atoms with Crippen LogP contribution >= 0.6 is 0 Å². The van der Waals surface area contributed by atoms with Gasteiger partial charge in [-0.3, -0.25) is 9.59 Å². The number of para-hydroxylation sites is 2. The third-order valence-electron chi connectivity index (χ3n) is 3.32. The molecule has 116 valence electrons. The number of amides is 1. The van der Waals surface area contributed by atoms with Crippen molar-refractivity contribution in [1.82, 2.24) is 4.98 Å². The van der Waals surface area contributed by atoms with Crippen LogP contribution in [0.3, 0.4) is 0 Å². The van der Waals surface area contributed by atoms with E-state index in [-0.39, 0.29) is 16.6 Å². The molecule has 5 nitrogen and oxygen atoms in total. The Kier molecular flexibility index (Phi) is 3.53. The summed E-state index contributed by atoms with van der Waals surface area (Å²) in [5, 5.41) is 12.3. The van der Waals surface area contributed by atoms with E-state index in [1.165, 1.54) is 30.3 Å². The summed E-state index contributed by atoms with van der Waals surface area (Å²) in [6.07, 6.45) is 0. The third kappa shape index (κ3) is 2.52. The Balaban J connectivity index is 2.11. The lowest BCUT2D eigenvalue weighted by molar-refractivity contribution is 0.102. The van der Waals surface area contributed by atoms with Gasteiger partial charge in [0.1, 0.15) is 22.9 Å². The topological polar surface area (TPSA) is 82.2 Å². The molecule has 0 bridgehead atoms. The van der Waals surface area contributed by atoms with E-state index in [0.29, 0.717) is 0 Å². The summed E-state index contributed by atoms with van der Waals surface area (Å²) in [5.74, 6) is -3.10. The molecule has 7 heteroatoms. The largest absolute Gasteiger partial charge is 0.506 e. The molecule has 0 aliphatic rings. The second-order valence-corrected chi connectivity index (χ2v) is 4.77. The smallest absolute Gasteiger partial charge is 0.265 e. The SMILES string of the molecule is O=C(Nc1ccccc1F)c1c(O)c2cccc(F)c2[nH]c1=O. The van der Waals surface area contributed by atoms with Gasteiger partial charge in [-0.15, -0.1) is 0 Å². The first kappa shape index (κ1) is 14.7. The Morgan fingerprint density at radius 2 is 1.74 bits per heavy atom. The lowest BCUT2D eigenvalue weighted by atomic mass is 10.1. The van der Waals surface area contributed by atoms with Gasteiger partial charge in [-0.25, -0.2) is 8.78 Å². The Bertz CT molecular complexity index is 983. The molecule has 1 amide bonds. The molecule has 3 aromatic rings. The fraction of sp³-hybridized carbons (Fsp3) is 0. The van der Waals surface area contributed by atoms with Crippen LogP contribution in [0.1, 0.15) is 10.4 Å². The number of anilines is 1. The van der Waals surface area contributed by atoms with Crippen LogP contribution in [-0.2, 0) is 0 Å². The lowest BCUT2D eigenvalue weighted by Gasteiger charge is -2.09. The van der Waals surface area contributed by atoms with Gasteiger partial charge in [-0.2, -0.15) is 0 Å². The molecule has 23 heavy (non-hydrogen) atoms. The average Bonchev–Trinajstić information content (AvgIpc) is 2.51. The minimum absolute atomic E-state index is 0.0247. The first-order valence-electron chi connectivity index (χ1n) is 6.58. The molecule has 0 fully saturated rings. The van der Waals surface area contributed by atoms with Gasteiger partial charge >= 0.3 is 0 Å². The van der Waals surface area contributed by atoms with E-state index in [0.717, 1.165) is 12.1 Å². The van der Waals surface area contributed by atoms with E-state index < -0.39 is 34.4 Å². The number of H-pyrrole nitrogens is 1. The second-order valence-electron chi connectivity index (χ2n) is 4.77. The maximum Gasteiger partial charge on any atom is 0.265 e. The predicted octanol–water partition coefficient (Wildman–Crippen LogP) is 2.76. The van der Waals surface area contributed by atoms with Gasteiger partial charge in [0, 0.05) is 5.39 Å². The number of aromatic hydroxyl groups is 1. The van der Waals surface area contributed by atoms with Crippen molar-refractivity contribution in [2.24, 2.45) is 0 Å². The number of hydrogen-bond acceptors (Lipinski definition) is 3. The quantitative estimate of drug-likeness (QED) is 0.680. The van der Waals surface area contributed by atoms with Crippen molar-refractivity contribution in [2.75, 3.05) is 5.32 Å². The highest BCUT2D eigenvalue weighted by Gasteiger charge is 2.21. The van der Waals surface area contributed by atoms with Crippen LogP contribution in [0.2, 0.25) is 0 Å². The molecule has 0 aliphatic heterocycles. The van der Waals surface area contributed by atoms with Gasteiger partial charge in [0.05, 0.1) is 11.2 Å². The van der Waals surface area contributed by atoms with Crippen LogP contribution in [0, 0.1) is 11.6 Å². The standard InChI is InChI=1S/C16H10F2N2O3/c17-9-5-1-2-7-11(9)19-15(22)12-14(21)8-4-3-6-10(18)13(8)20-16(12)23/h1-7H,(H,19,22)(H2,20,21,23). The van der Waals surface area contributed by atoms with Crippen LogP contribution in [0.5, 0.6) is 5.75 Å². The van der Waals surface area contributed by atoms with Crippen molar-refractivity contribution in [3.63, 3.8) is 0 Å². The van der Waals surface area contributed by atoms with Gasteiger partial charge in [-0.05, 0) is 24.3 Å². The van der Waals surface area contributed by atoms with Crippen LogP contribution < -0.4 is 10.9 Å². The second kappa shape index (κ2) is 5.53. The van der Waals surface area contributed by atoms with Crippen molar-refractivity contribution in [3.8, 4) is 5.75 Å². The average molecular weight is 316 g/mol. The fourth-order valence-corrected chi connectivity index (χ4v) is 2.22. The van der Waals surface area contributed by atoms with E-state index in [1.54, 1.807) is 0 Å². The van der Waals surface area contributed by atoms with E-state index in [9.17, 15) is 23.5 Å². The summed E-state index contributed by atoms with van der Waals surface area (Å²) in [5.41, 5.74) is -1.95. The van der Waals surface area contributed by atoms with Crippen LogP contribution in [0.4, 0.5) is 14.5 Å². The van der Waals surface area contributed by atoms with Crippen LogP contribution in [0.25, 0.3) is 10.9 Å².